The zero-order chi connectivity index (χ0) is 20.2. The summed E-state index contributed by atoms with van der Waals surface area (Å²) in [5.41, 5.74) is 0. The van der Waals surface area contributed by atoms with E-state index >= 15 is 0 Å². The van der Waals surface area contributed by atoms with E-state index < -0.39 is 53.0 Å². The number of halogens is 12. The first-order chi connectivity index (χ1) is 9.96. The van der Waals surface area contributed by atoms with Gasteiger partial charge in [-0.1, -0.05) is 4.13 Å². The minimum absolute atomic E-state index is 0. The number of sulfonamides is 2. The van der Waals surface area contributed by atoms with Gasteiger partial charge in [0.2, 0.25) is 0 Å². The molecule has 0 saturated carbocycles. The van der Waals surface area contributed by atoms with Crippen LogP contribution in [0.1, 0.15) is 0 Å². The molecule has 0 heterocycles. The van der Waals surface area contributed by atoms with Crippen LogP contribution in [0.3, 0.4) is 0 Å². The standard InChI is InChI=1S/C5HF12NO4S2.Li.H/c6-1(7,2(8,9)10)4(14,15)23(19,20)18-24(21,22)5(16,17)3(11,12)13;;/h18H;;. The van der Waals surface area contributed by atoms with Crippen molar-refractivity contribution < 1.29 is 69.5 Å². The van der Waals surface area contributed by atoms with Gasteiger partial charge in [0.1, 0.15) is 0 Å². The molecule has 148 valence electrons. The van der Waals surface area contributed by atoms with Gasteiger partial charge < -0.3 is 0 Å². The van der Waals surface area contributed by atoms with E-state index in [4.69, 9.17) is 0 Å². The summed E-state index contributed by atoms with van der Waals surface area (Å²) < 4.78 is 187. The second kappa shape index (κ2) is 6.65. The van der Waals surface area contributed by atoms with E-state index in [1.807, 2.05) is 0 Å². The van der Waals surface area contributed by atoms with Crippen molar-refractivity contribution in [2.75, 3.05) is 0 Å². The molecule has 20 heteroatoms. The van der Waals surface area contributed by atoms with Crippen LogP contribution in [0.4, 0.5) is 52.7 Å². The summed E-state index contributed by atoms with van der Waals surface area (Å²) in [7, 11) is -15.7. The van der Waals surface area contributed by atoms with Crippen LogP contribution in [0.2, 0.25) is 0 Å². The van der Waals surface area contributed by atoms with Crippen LogP contribution in [-0.2, 0) is 20.0 Å². The zero-order valence-corrected chi connectivity index (χ0v) is 11.6. The van der Waals surface area contributed by atoms with Crippen molar-refractivity contribution in [3.8, 4) is 0 Å². The van der Waals surface area contributed by atoms with Gasteiger partial charge in [0.15, 0.2) is 0 Å². The van der Waals surface area contributed by atoms with E-state index in [0.29, 0.717) is 0 Å². The fourth-order valence-corrected chi connectivity index (χ4v) is 3.49. The molecule has 0 bridgehead atoms. The summed E-state index contributed by atoms with van der Waals surface area (Å²) in [5.74, 6) is -7.53. The quantitative estimate of drug-likeness (QED) is 0.521. The predicted octanol–water partition coefficient (Wildman–Crippen LogP) is 1.53. The fraction of sp³-hybridized carbons (Fsp3) is 1.00. The van der Waals surface area contributed by atoms with Gasteiger partial charge >= 0.3 is 47.6 Å². The Labute approximate surface area is 142 Å². The summed E-state index contributed by atoms with van der Waals surface area (Å²) >= 11 is 0. The van der Waals surface area contributed by atoms with Crippen LogP contribution >= 0.6 is 0 Å². The van der Waals surface area contributed by atoms with Gasteiger partial charge in [-0.05, 0) is 0 Å². The number of rotatable bonds is 5. The van der Waals surface area contributed by atoms with Gasteiger partial charge in [0.05, 0.1) is 0 Å². The molecule has 0 fully saturated rings. The van der Waals surface area contributed by atoms with Crippen LogP contribution in [0.15, 0.2) is 0 Å². The minimum atomic E-state index is -7.92. The molecule has 0 aliphatic rings. The molecule has 0 saturated heterocycles. The zero-order valence-electron chi connectivity index (χ0n) is 9.99. The summed E-state index contributed by atoms with van der Waals surface area (Å²) in [5, 5.41) is -14.6. The molecule has 0 aliphatic carbocycles. The predicted molar refractivity (Wildman–Crippen MR) is 55.1 cm³/mol. The van der Waals surface area contributed by atoms with Gasteiger partial charge in [-0.2, -0.15) is 52.7 Å². The van der Waals surface area contributed by atoms with Crippen molar-refractivity contribution in [1.29, 1.82) is 0 Å². The van der Waals surface area contributed by atoms with Crippen molar-refractivity contribution in [3.63, 3.8) is 0 Å². The van der Waals surface area contributed by atoms with Crippen LogP contribution in [0, 0.1) is 0 Å². The first-order valence-electron chi connectivity index (χ1n) is 4.50. The topological polar surface area (TPSA) is 80.3 Å². The molecule has 0 aromatic heterocycles. The van der Waals surface area contributed by atoms with Gasteiger partial charge in [-0.15, -0.1) is 0 Å². The van der Waals surface area contributed by atoms with Crippen molar-refractivity contribution in [3.05, 3.63) is 0 Å². The summed E-state index contributed by atoms with van der Waals surface area (Å²) in [6.07, 6.45) is -14.4. The Balaban J connectivity index is 0. The van der Waals surface area contributed by atoms with E-state index in [0.717, 1.165) is 0 Å². The average molecular weight is 439 g/mol. The summed E-state index contributed by atoms with van der Waals surface area (Å²) in [4.78, 5) is 0. The molecule has 0 atom stereocenters. The molecule has 0 unspecified atom stereocenters. The molecule has 1 N–H and O–H groups in total. The third-order valence-electron chi connectivity index (χ3n) is 1.95. The van der Waals surface area contributed by atoms with Crippen LogP contribution < -0.4 is 4.13 Å². The fourth-order valence-electron chi connectivity index (χ4n) is 0.735. The van der Waals surface area contributed by atoms with Crippen molar-refractivity contribution >= 4 is 38.9 Å². The van der Waals surface area contributed by atoms with Gasteiger partial charge in [0, 0.05) is 0 Å². The molecule has 0 aromatic carbocycles. The van der Waals surface area contributed by atoms with Gasteiger partial charge in [0.25, 0.3) is 20.0 Å². The van der Waals surface area contributed by atoms with E-state index in [2.05, 4.69) is 0 Å². The third kappa shape index (κ3) is 4.31. The average Bonchev–Trinajstić information content (AvgIpc) is 2.23. The normalized spacial score (nSPS) is 15.7. The van der Waals surface area contributed by atoms with Crippen molar-refractivity contribution in [2.45, 2.75) is 28.8 Å². The second-order valence-corrected chi connectivity index (χ2v) is 7.40. The number of hydrogen-bond acceptors (Lipinski definition) is 4. The maximum atomic E-state index is 12.8. The van der Waals surface area contributed by atoms with Crippen molar-refractivity contribution in [2.24, 2.45) is 0 Å². The Bertz CT molecular complexity index is 692. The van der Waals surface area contributed by atoms with E-state index in [9.17, 15) is 69.5 Å². The maximum absolute atomic E-state index is 12.8. The Morgan fingerprint density at radius 1 is 0.520 bits per heavy atom. The van der Waals surface area contributed by atoms with Crippen LogP contribution in [0.5, 0.6) is 0 Å². The van der Waals surface area contributed by atoms with E-state index in [1.54, 1.807) is 0 Å². The Kier molecular flexibility index (Phi) is 7.14. The molecule has 0 aliphatic heterocycles. The van der Waals surface area contributed by atoms with Crippen LogP contribution in [0.25, 0.3) is 0 Å². The molecule has 5 nitrogen and oxygen atoms in total. The SMILES string of the molecule is O=S(=O)(NS(=O)(=O)C(F)(F)C(F)(F)C(F)(F)F)C(F)(F)C(F)(F)F.[LiH]. The van der Waals surface area contributed by atoms with E-state index in [-0.39, 0.29) is 18.9 Å². The Morgan fingerprint density at radius 3 is 1.04 bits per heavy atom. The molecule has 25 heavy (non-hydrogen) atoms. The Morgan fingerprint density at radius 2 is 0.800 bits per heavy atom. The monoisotopic (exact) mass is 439 g/mol. The molecule has 0 spiro atoms. The van der Waals surface area contributed by atoms with E-state index in [1.165, 1.54) is 0 Å². The molecule has 0 aromatic rings. The molecular formula is C5H2F12LiNO4S2. The molecule has 0 rings (SSSR count). The first-order valence-corrected chi connectivity index (χ1v) is 7.47. The van der Waals surface area contributed by atoms with Crippen LogP contribution in [-0.4, -0.2) is 64.5 Å². The first kappa shape index (κ1) is 26.8. The summed E-state index contributed by atoms with van der Waals surface area (Å²) in [6.45, 7) is 0. The second-order valence-electron chi connectivity index (χ2n) is 3.69. The number of hydrogen-bond donors (Lipinski definition) is 1. The molecule has 0 radical (unpaired) electrons. The Hall–Kier alpha value is -0.383. The third-order valence-corrected chi connectivity index (χ3v) is 5.54. The molecular weight excluding hydrogens is 437 g/mol. The van der Waals surface area contributed by atoms with Gasteiger partial charge in [-0.3, -0.25) is 0 Å². The number of alkyl halides is 12. The van der Waals surface area contributed by atoms with Gasteiger partial charge in [-0.25, -0.2) is 16.8 Å². The number of nitrogens with one attached hydrogen (secondary N) is 1. The summed E-state index contributed by atoms with van der Waals surface area (Å²) in [6, 6.07) is 0. The molecule has 0 amide bonds. The van der Waals surface area contributed by atoms with Crippen molar-refractivity contribution in [1.82, 2.24) is 4.13 Å².